The highest BCUT2D eigenvalue weighted by molar-refractivity contribution is 5.75. The highest BCUT2D eigenvalue weighted by Gasteiger charge is 2.14. The molecule has 0 saturated heterocycles. The van der Waals surface area contributed by atoms with Crippen molar-refractivity contribution < 1.29 is 19.4 Å². The summed E-state index contributed by atoms with van der Waals surface area (Å²) in [5.41, 5.74) is 6.71. The highest BCUT2D eigenvalue weighted by atomic mass is 16.5. The van der Waals surface area contributed by atoms with Gasteiger partial charge in [0.1, 0.15) is 12.6 Å². The number of unbranched alkanes of at least 4 members (excludes halogenated alkanes) is 3. The predicted octanol–water partition coefficient (Wildman–Crippen LogP) is 2.48. The molecule has 0 heterocycles. The number of ether oxygens (including phenoxy) is 1. The summed E-state index contributed by atoms with van der Waals surface area (Å²) in [6.45, 7) is 0.242. The average Bonchev–Trinajstić information content (AvgIpc) is 2.48. The minimum atomic E-state index is -0.767. The van der Waals surface area contributed by atoms with Crippen molar-refractivity contribution in [2.75, 3.05) is 0 Å². The van der Waals surface area contributed by atoms with E-state index in [9.17, 15) is 9.59 Å². The molecule has 0 saturated carbocycles. The summed E-state index contributed by atoms with van der Waals surface area (Å²) in [4.78, 5) is 22.0. The van der Waals surface area contributed by atoms with Gasteiger partial charge in [-0.15, -0.1) is 0 Å². The van der Waals surface area contributed by atoms with Gasteiger partial charge in [-0.05, 0) is 18.4 Å². The Morgan fingerprint density at radius 1 is 1.10 bits per heavy atom. The largest absolute Gasteiger partial charge is 0.481 e. The molecule has 0 fully saturated rings. The van der Waals surface area contributed by atoms with Crippen LogP contribution < -0.4 is 5.73 Å². The van der Waals surface area contributed by atoms with E-state index in [1.165, 1.54) is 0 Å². The zero-order chi connectivity index (χ0) is 15.5. The van der Waals surface area contributed by atoms with E-state index in [4.69, 9.17) is 15.6 Å². The third-order valence-corrected chi connectivity index (χ3v) is 3.18. The maximum Gasteiger partial charge on any atom is 0.323 e. The Balaban J connectivity index is 2.09. The molecule has 0 aromatic heterocycles. The third-order valence-electron chi connectivity index (χ3n) is 3.18. The minimum absolute atomic E-state index is 0.200. The average molecular weight is 293 g/mol. The van der Waals surface area contributed by atoms with E-state index in [-0.39, 0.29) is 19.0 Å². The van der Waals surface area contributed by atoms with Gasteiger partial charge < -0.3 is 15.6 Å². The third kappa shape index (κ3) is 8.09. The number of esters is 1. The molecule has 116 valence electrons. The Hall–Kier alpha value is -1.88. The second-order valence-corrected chi connectivity index (χ2v) is 5.05. The number of nitrogens with two attached hydrogens (primary N) is 1. The zero-order valence-electron chi connectivity index (χ0n) is 12.2. The SMILES string of the molecule is NC(CCCCCCC(=O)O)C(=O)OCc1ccccc1. The lowest BCUT2D eigenvalue weighted by molar-refractivity contribution is -0.146. The summed E-state index contributed by atoms with van der Waals surface area (Å²) in [6, 6.07) is 8.86. The van der Waals surface area contributed by atoms with Gasteiger partial charge in [0.15, 0.2) is 0 Å². The van der Waals surface area contributed by atoms with Gasteiger partial charge >= 0.3 is 11.9 Å². The fourth-order valence-electron chi connectivity index (χ4n) is 1.95. The first-order valence-electron chi connectivity index (χ1n) is 7.27. The number of hydrogen-bond donors (Lipinski definition) is 2. The molecule has 0 bridgehead atoms. The van der Waals surface area contributed by atoms with E-state index >= 15 is 0 Å². The first-order chi connectivity index (χ1) is 10.1. The molecule has 1 aromatic rings. The fourth-order valence-corrected chi connectivity index (χ4v) is 1.95. The van der Waals surface area contributed by atoms with Crippen LogP contribution in [0.25, 0.3) is 0 Å². The van der Waals surface area contributed by atoms with E-state index in [1.54, 1.807) is 0 Å². The molecule has 21 heavy (non-hydrogen) atoms. The molecule has 0 aliphatic rings. The summed E-state index contributed by atoms with van der Waals surface area (Å²) in [7, 11) is 0. The van der Waals surface area contributed by atoms with Gasteiger partial charge in [-0.25, -0.2) is 0 Å². The van der Waals surface area contributed by atoms with E-state index in [0.717, 1.165) is 24.8 Å². The van der Waals surface area contributed by atoms with Crippen LogP contribution in [0.2, 0.25) is 0 Å². The summed E-state index contributed by atoms with van der Waals surface area (Å²) in [6.07, 6.45) is 3.97. The van der Waals surface area contributed by atoms with Crippen molar-refractivity contribution in [3.8, 4) is 0 Å². The summed E-state index contributed by atoms with van der Waals surface area (Å²) in [5, 5.41) is 8.50. The lowest BCUT2D eigenvalue weighted by Gasteiger charge is -2.11. The Labute approximate surface area is 125 Å². The van der Waals surface area contributed by atoms with Gasteiger partial charge in [-0.3, -0.25) is 9.59 Å². The van der Waals surface area contributed by atoms with Gasteiger partial charge in [0.25, 0.3) is 0 Å². The number of aliphatic carboxylic acids is 1. The smallest absolute Gasteiger partial charge is 0.323 e. The fraction of sp³-hybridized carbons (Fsp3) is 0.500. The Bertz CT molecular complexity index is 433. The number of benzene rings is 1. The Morgan fingerprint density at radius 3 is 2.43 bits per heavy atom. The van der Waals surface area contributed by atoms with Gasteiger partial charge in [0.05, 0.1) is 0 Å². The summed E-state index contributed by atoms with van der Waals surface area (Å²) in [5.74, 6) is -1.15. The van der Waals surface area contributed by atoms with Crippen molar-refractivity contribution in [2.45, 2.75) is 51.2 Å². The topological polar surface area (TPSA) is 89.6 Å². The standard InChI is InChI=1S/C16H23NO4/c17-14(10-6-1-2-7-11-15(18)19)16(20)21-12-13-8-4-3-5-9-13/h3-5,8-9,14H,1-2,6-7,10-12,17H2,(H,18,19). The zero-order valence-corrected chi connectivity index (χ0v) is 12.2. The molecule has 0 aliphatic heterocycles. The number of carboxylic acids is 1. The van der Waals surface area contributed by atoms with Crippen molar-refractivity contribution in [1.29, 1.82) is 0 Å². The summed E-state index contributed by atoms with van der Waals surface area (Å²) >= 11 is 0. The molecule has 5 heteroatoms. The van der Waals surface area contributed by atoms with E-state index < -0.39 is 12.0 Å². The summed E-state index contributed by atoms with van der Waals surface area (Å²) < 4.78 is 5.16. The van der Waals surface area contributed by atoms with Crippen LogP contribution in [0, 0.1) is 0 Å². The number of carbonyl (C=O) groups excluding carboxylic acids is 1. The number of rotatable bonds is 10. The van der Waals surface area contributed by atoms with Gasteiger partial charge in [0.2, 0.25) is 0 Å². The van der Waals surface area contributed by atoms with Crippen LogP contribution in [0.5, 0.6) is 0 Å². The van der Waals surface area contributed by atoms with Crippen molar-refractivity contribution in [2.24, 2.45) is 5.73 Å². The minimum Gasteiger partial charge on any atom is -0.481 e. The van der Waals surface area contributed by atoms with Crippen LogP contribution in [0.4, 0.5) is 0 Å². The molecule has 0 amide bonds. The molecule has 3 N–H and O–H groups in total. The van der Waals surface area contributed by atoms with Crippen LogP contribution in [-0.4, -0.2) is 23.1 Å². The Kier molecular flexibility index (Phi) is 8.12. The van der Waals surface area contributed by atoms with E-state index in [0.29, 0.717) is 12.8 Å². The second kappa shape index (κ2) is 9.94. The van der Waals surface area contributed by atoms with Crippen LogP contribution in [-0.2, 0) is 20.9 Å². The molecule has 1 aromatic carbocycles. The monoisotopic (exact) mass is 293 g/mol. The van der Waals surface area contributed by atoms with Crippen molar-refractivity contribution in [1.82, 2.24) is 0 Å². The van der Waals surface area contributed by atoms with Crippen molar-refractivity contribution in [3.05, 3.63) is 35.9 Å². The molecule has 1 rings (SSSR count). The molecule has 0 spiro atoms. The molecule has 5 nitrogen and oxygen atoms in total. The van der Waals surface area contributed by atoms with Gasteiger partial charge in [-0.2, -0.15) is 0 Å². The normalized spacial score (nSPS) is 11.9. The molecular formula is C16H23NO4. The van der Waals surface area contributed by atoms with Crippen LogP contribution in [0.3, 0.4) is 0 Å². The highest BCUT2D eigenvalue weighted by Crippen LogP contribution is 2.08. The molecular weight excluding hydrogens is 270 g/mol. The number of hydrogen-bond acceptors (Lipinski definition) is 4. The van der Waals surface area contributed by atoms with Gasteiger partial charge in [-0.1, -0.05) is 49.6 Å². The van der Waals surface area contributed by atoms with Crippen molar-refractivity contribution in [3.63, 3.8) is 0 Å². The lowest BCUT2D eigenvalue weighted by Crippen LogP contribution is -2.32. The van der Waals surface area contributed by atoms with Gasteiger partial charge in [0, 0.05) is 6.42 Å². The molecule has 1 atom stereocenters. The molecule has 0 radical (unpaired) electrons. The molecule has 0 aliphatic carbocycles. The quantitative estimate of drug-likeness (QED) is 0.511. The predicted molar refractivity (Wildman–Crippen MR) is 79.6 cm³/mol. The maximum absolute atomic E-state index is 11.7. The second-order valence-electron chi connectivity index (χ2n) is 5.05. The van der Waals surface area contributed by atoms with Crippen LogP contribution in [0.1, 0.15) is 44.1 Å². The van der Waals surface area contributed by atoms with E-state index in [1.807, 2.05) is 30.3 Å². The first-order valence-corrected chi connectivity index (χ1v) is 7.27. The lowest BCUT2D eigenvalue weighted by atomic mass is 10.1. The number of carbonyl (C=O) groups is 2. The van der Waals surface area contributed by atoms with Crippen molar-refractivity contribution >= 4 is 11.9 Å². The maximum atomic E-state index is 11.7. The first kappa shape index (κ1) is 17.2. The Morgan fingerprint density at radius 2 is 1.76 bits per heavy atom. The van der Waals surface area contributed by atoms with Crippen LogP contribution >= 0.6 is 0 Å². The number of carboxylic acid groups (broad SMARTS) is 1. The van der Waals surface area contributed by atoms with Crippen LogP contribution in [0.15, 0.2) is 30.3 Å². The molecule has 1 unspecified atom stereocenters. The van der Waals surface area contributed by atoms with E-state index in [2.05, 4.69) is 0 Å².